The number of hydrogen-bond acceptors (Lipinski definition) is 4. The Morgan fingerprint density at radius 1 is 1.16 bits per heavy atom. The van der Waals surface area contributed by atoms with E-state index in [9.17, 15) is 18.0 Å². The molecule has 0 saturated carbocycles. The van der Waals surface area contributed by atoms with Gasteiger partial charge in [-0.1, -0.05) is 54.4 Å². The lowest BCUT2D eigenvalue weighted by atomic mass is 10.1. The van der Waals surface area contributed by atoms with E-state index in [4.69, 9.17) is 16.7 Å². The van der Waals surface area contributed by atoms with E-state index < -0.39 is 11.7 Å². The molecule has 0 fully saturated rings. The fourth-order valence-corrected chi connectivity index (χ4v) is 4.18. The molecule has 4 rings (SSSR count). The van der Waals surface area contributed by atoms with E-state index in [1.807, 2.05) is 23.1 Å². The van der Waals surface area contributed by atoms with Gasteiger partial charge in [0.25, 0.3) is 5.91 Å². The second-order valence-electron chi connectivity index (χ2n) is 8.50. The number of aliphatic hydroxyl groups is 1. The number of halogens is 4. The summed E-state index contributed by atoms with van der Waals surface area (Å²) in [5.74, 6) is -0.0854. The number of amides is 1. The van der Waals surface area contributed by atoms with Crippen molar-refractivity contribution in [3.8, 4) is 0 Å². The number of benzene rings is 2. The Balaban J connectivity index is 0.000000271. The van der Waals surface area contributed by atoms with Crippen LogP contribution in [0.4, 0.5) is 24.5 Å². The van der Waals surface area contributed by atoms with Gasteiger partial charge in [0.2, 0.25) is 0 Å². The number of hydrogen-bond donors (Lipinski definition) is 2. The Hall–Kier alpha value is -3.10. The van der Waals surface area contributed by atoms with Crippen molar-refractivity contribution in [2.45, 2.75) is 52.8 Å². The molecule has 200 valence electrons. The third-order valence-electron chi connectivity index (χ3n) is 5.79. The fraction of sp³-hybridized carbons (Fsp3) is 0.357. The Kier molecular flexibility index (Phi) is 10.9. The number of nitrogens with zero attached hydrogens (tertiary/aromatic N) is 2. The van der Waals surface area contributed by atoms with Crippen LogP contribution in [0.3, 0.4) is 0 Å². The molecular weight excluding hydrogens is 503 g/mol. The Bertz CT molecular complexity index is 1200. The summed E-state index contributed by atoms with van der Waals surface area (Å²) in [5.41, 5.74) is 3.61. The van der Waals surface area contributed by atoms with Gasteiger partial charge in [0.15, 0.2) is 5.69 Å². The standard InChI is InChI=1S/C17H18ClN3O.C9H9F3.C2H6O/c1-3-13-8-11-6-4-5-7-15(11)21(13)17(22)16-14(19-2)9-12(18)10-20-16;1-6-3-4-7(2)8(5-6)9(10,11)12;1-2-3/h4-7,9-10,13,19H,3,8H2,1-2H3;3-5H,1-2H3;3H,2H2,1H3. The molecule has 3 aromatic rings. The van der Waals surface area contributed by atoms with E-state index in [0.29, 0.717) is 22.0 Å². The lowest BCUT2D eigenvalue weighted by Gasteiger charge is -2.25. The minimum atomic E-state index is -4.23. The predicted molar refractivity (Wildman–Crippen MR) is 144 cm³/mol. The van der Waals surface area contributed by atoms with Crippen molar-refractivity contribution in [3.05, 3.63) is 87.7 Å². The van der Waals surface area contributed by atoms with Crippen molar-refractivity contribution < 1.29 is 23.1 Å². The first-order chi connectivity index (χ1) is 17.5. The van der Waals surface area contributed by atoms with Crippen LogP contribution in [-0.4, -0.2) is 35.7 Å². The summed E-state index contributed by atoms with van der Waals surface area (Å²) < 4.78 is 36.7. The Morgan fingerprint density at radius 2 is 1.81 bits per heavy atom. The number of anilines is 2. The first-order valence-corrected chi connectivity index (χ1v) is 12.4. The van der Waals surface area contributed by atoms with E-state index in [1.165, 1.54) is 24.8 Å². The largest absolute Gasteiger partial charge is 0.416 e. The number of carbonyl (C=O) groups excluding carboxylic acids is 1. The van der Waals surface area contributed by atoms with E-state index in [1.54, 1.807) is 33.0 Å². The molecule has 0 radical (unpaired) electrons. The highest BCUT2D eigenvalue weighted by Crippen LogP contribution is 2.35. The zero-order chi connectivity index (χ0) is 27.8. The summed E-state index contributed by atoms with van der Waals surface area (Å²) in [6.45, 7) is 7.14. The summed E-state index contributed by atoms with van der Waals surface area (Å²) in [6.07, 6.45) is -0.918. The van der Waals surface area contributed by atoms with Gasteiger partial charge in [-0.3, -0.25) is 4.79 Å². The third kappa shape index (κ3) is 7.69. The minimum Gasteiger partial charge on any atom is -0.397 e. The fourth-order valence-electron chi connectivity index (χ4n) is 4.02. The highest BCUT2D eigenvalue weighted by atomic mass is 35.5. The van der Waals surface area contributed by atoms with Crippen LogP contribution in [0.2, 0.25) is 5.02 Å². The minimum absolute atomic E-state index is 0.0854. The third-order valence-corrected chi connectivity index (χ3v) is 5.99. The predicted octanol–water partition coefficient (Wildman–Crippen LogP) is 7.08. The van der Waals surface area contributed by atoms with E-state index in [2.05, 4.69) is 23.3 Å². The van der Waals surface area contributed by atoms with Crippen LogP contribution < -0.4 is 10.2 Å². The summed E-state index contributed by atoms with van der Waals surface area (Å²) in [7, 11) is 1.76. The molecule has 0 aliphatic carbocycles. The molecule has 2 aromatic carbocycles. The maximum atomic E-state index is 13.1. The number of aryl methyl sites for hydroxylation is 2. The summed E-state index contributed by atoms with van der Waals surface area (Å²) >= 11 is 5.97. The summed E-state index contributed by atoms with van der Waals surface area (Å²) in [6, 6.07) is 14.3. The van der Waals surface area contributed by atoms with Gasteiger partial charge < -0.3 is 15.3 Å². The Labute approximate surface area is 221 Å². The molecule has 5 nitrogen and oxygen atoms in total. The average molecular weight is 536 g/mol. The van der Waals surface area contributed by atoms with Crippen molar-refractivity contribution in [1.29, 1.82) is 0 Å². The van der Waals surface area contributed by atoms with Crippen LogP contribution in [0.15, 0.2) is 54.7 Å². The first-order valence-electron chi connectivity index (χ1n) is 12.0. The smallest absolute Gasteiger partial charge is 0.397 e. The molecule has 1 amide bonds. The molecule has 1 atom stereocenters. The molecule has 2 N–H and O–H groups in total. The number of fused-ring (bicyclic) bond motifs is 1. The number of carbonyl (C=O) groups is 1. The van der Waals surface area contributed by atoms with Crippen molar-refractivity contribution in [2.75, 3.05) is 23.9 Å². The Morgan fingerprint density at radius 3 is 2.38 bits per heavy atom. The number of nitrogens with one attached hydrogen (secondary N) is 1. The van der Waals surface area contributed by atoms with Crippen molar-refractivity contribution in [1.82, 2.24) is 4.98 Å². The molecule has 1 unspecified atom stereocenters. The number of pyridine rings is 1. The number of aromatic nitrogens is 1. The average Bonchev–Trinajstić information content (AvgIpc) is 3.24. The molecule has 1 aliphatic heterocycles. The second kappa shape index (κ2) is 13.4. The molecule has 0 spiro atoms. The molecular formula is C28H33ClF3N3O2. The number of aliphatic hydroxyl groups excluding tert-OH is 1. The lowest BCUT2D eigenvalue weighted by Crippen LogP contribution is -2.38. The van der Waals surface area contributed by atoms with E-state index >= 15 is 0 Å². The van der Waals surface area contributed by atoms with Gasteiger partial charge in [-0.25, -0.2) is 4.98 Å². The van der Waals surface area contributed by atoms with Crippen molar-refractivity contribution in [3.63, 3.8) is 0 Å². The van der Waals surface area contributed by atoms with Crippen LogP contribution in [0.25, 0.3) is 0 Å². The normalized spacial score (nSPS) is 14.1. The monoisotopic (exact) mass is 535 g/mol. The van der Waals surface area contributed by atoms with Gasteiger partial charge in [0.05, 0.1) is 16.3 Å². The maximum absolute atomic E-state index is 13.1. The van der Waals surface area contributed by atoms with Crippen LogP contribution >= 0.6 is 11.6 Å². The summed E-state index contributed by atoms with van der Waals surface area (Å²) in [5, 5.41) is 11.1. The highest BCUT2D eigenvalue weighted by Gasteiger charge is 2.34. The molecule has 0 bridgehead atoms. The van der Waals surface area contributed by atoms with Crippen LogP contribution in [-0.2, 0) is 12.6 Å². The number of alkyl halides is 3. The van der Waals surface area contributed by atoms with Gasteiger partial charge in [-0.15, -0.1) is 0 Å². The van der Waals surface area contributed by atoms with Gasteiger partial charge in [0.1, 0.15) is 0 Å². The van der Waals surface area contributed by atoms with Gasteiger partial charge in [-0.05, 0) is 62.9 Å². The molecule has 9 heteroatoms. The van der Waals surface area contributed by atoms with Crippen LogP contribution in [0.5, 0.6) is 0 Å². The molecule has 37 heavy (non-hydrogen) atoms. The molecule has 2 heterocycles. The van der Waals surface area contributed by atoms with Gasteiger partial charge in [-0.2, -0.15) is 13.2 Å². The van der Waals surface area contributed by atoms with Crippen LogP contribution in [0.1, 0.15) is 53.0 Å². The maximum Gasteiger partial charge on any atom is 0.416 e. The van der Waals surface area contributed by atoms with Gasteiger partial charge >= 0.3 is 6.18 Å². The van der Waals surface area contributed by atoms with Crippen molar-refractivity contribution in [2.24, 2.45) is 0 Å². The molecule has 0 saturated heterocycles. The SMILES string of the molecule is CCC1Cc2ccccc2N1C(=O)c1ncc(Cl)cc1NC.CCO.Cc1ccc(C)c(C(F)(F)F)c1. The van der Waals surface area contributed by atoms with Crippen LogP contribution in [0, 0.1) is 13.8 Å². The lowest BCUT2D eigenvalue weighted by molar-refractivity contribution is -0.138. The summed E-state index contributed by atoms with van der Waals surface area (Å²) in [4.78, 5) is 19.2. The first kappa shape index (κ1) is 30.1. The second-order valence-corrected chi connectivity index (χ2v) is 8.94. The van der Waals surface area contributed by atoms with Gasteiger partial charge in [0, 0.05) is 31.6 Å². The molecule has 1 aromatic heterocycles. The number of rotatable bonds is 3. The van der Waals surface area contributed by atoms with E-state index in [-0.39, 0.29) is 24.1 Å². The van der Waals surface area contributed by atoms with Crippen molar-refractivity contribution >= 4 is 28.9 Å². The quantitative estimate of drug-likeness (QED) is 0.376. The zero-order valence-electron chi connectivity index (χ0n) is 21.7. The van der Waals surface area contributed by atoms with E-state index in [0.717, 1.165) is 24.6 Å². The number of para-hydroxylation sites is 1. The zero-order valence-corrected chi connectivity index (χ0v) is 22.4. The molecule has 1 aliphatic rings. The highest BCUT2D eigenvalue weighted by molar-refractivity contribution is 6.31. The topological polar surface area (TPSA) is 65.5 Å².